The van der Waals surface area contributed by atoms with E-state index in [-0.39, 0.29) is 5.92 Å². The first-order valence-corrected chi connectivity index (χ1v) is 3.51. The Bertz CT molecular complexity index is 158. The zero-order chi connectivity index (χ0) is 7.78. The van der Waals surface area contributed by atoms with Crippen molar-refractivity contribution in [1.29, 1.82) is 0 Å². The average molecular weight is 143 g/mol. The highest BCUT2D eigenvalue weighted by molar-refractivity contribution is 5.75. The number of hydrogen-bond acceptors (Lipinski definition) is 2. The third kappa shape index (κ3) is 0.904. The standard InChI is InChI=1S/C7H13NO2/c1-5-3-8-4-7(5,2)6(9)10/h5,8H,3-4H2,1-2H3,(H,9,10)/t5?,7-/m0/s1. The summed E-state index contributed by atoms with van der Waals surface area (Å²) in [6.07, 6.45) is 0. The van der Waals surface area contributed by atoms with Crippen LogP contribution in [-0.2, 0) is 4.79 Å². The maximum Gasteiger partial charge on any atom is 0.310 e. The number of carbonyl (C=O) groups is 1. The summed E-state index contributed by atoms with van der Waals surface area (Å²) in [5, 5.41) is 11.9. The first kappa shape index (κ1) is 7.54. The van der Waals surface area contributed by atoms with Crippen LogP contribution in [0.5, 0.6) is 0 Å². The van der Waals surface area contributed by atoms with Crippen molar-refractivity contribution in [1.82, 2.24) is 5.32 Å². The Balaban J connectivity index is 2.75. The minimum Gasteiger partial charge on any atom is -0.481 e. The van der Waals surface area contributed by atoms with E-state index in [2.05, 4.69) is 5.32 Å². The number of carboxylic acids is 1. The molecular formula is C7H13NO2. The lowest BCUT2D eigenvalue weighted by atomic mass is 9.81. The van der Waals surface area contributed by atoms with Crippen LogP contribution in [-0.4, -0.2) is 24.2 Å². The van der Waals surface area contributed by atoms with Crippen LogP contribution >= 0.6 is 0 Å². The maximum atomic E-state index is 10.7. The Morgan fingerprint density at radius 2 is 2.40 bits per heavy atom. The number of nitrogens with one attached hydrogen (secondary N) is 1. The van der Waals surface area contributed by atoms with Gasteiger partial charge in [-0.15, -0.1) is 0 Å². The minimum atomic E-state index is -0.690. The largest absolute Gasteiger partial charge is 0.481 e. The second kappa shape index (κ2) is 2.23. The van der Waals surface area contributed by atoms with Crippen LogP contribution in [0.4, 0.5) is 0 Å². The molecule has 2 N–H and O–H groups in total. The Morgan fingerprint density at radius 3 is 2.60 bits per heavy atom. The predicted octanol–water partition coefficient (Wildman–Crippen LogP) is 0.317. The van der Waals surface area contributed by atoms with Crippen LogP contribution in [0.3, 0.4) is 0 Å². The van der Waals surface area contributed by atoms with E-state index in [9.17, 15) is 4.79 Å². The van der Waals surface area contributed by atoms with Crippen LogP contribution in [0, 0.1) is 11.3 Å². The molecule has 0 saturated carbocycles. The monoisotopic (exact) mass is 143 g/mol. The molecule has 1 aliphatic rings. The van der Waals surface area contributed by atoms with Crippen molar-refractivity contribution in [3.8, 4) is 0 Å². The fourth-order valence-corrected chi connectivity index (χ4v) is 1.23. The highest BCUT2D eigenvalue weighted by Crippen LogP contribution is 2.30. The summed E-state index contributed by atoms with van der Waals surface area (Å²) in [4.78, 5) is 10.7. The van der Waals surface area contributed by atoms with Gasteiger partial charge in [0.2, 0.25) is 0 Å². The molecule has 0 aromatic rings. The molecule has 1 aliphatic heterocycles. The van der Waals surface area contributed by atoms with Gasteiger partial charge in [-0.2, -0.15) is 0 Å². The van der Waals surface area contributed by atoms with Gasteiger partial charge in [0.1, 0.15) is 0 Å². The van der Waals surface area contributed by atoms with E-state index in [4.69, 9.17) is 5.11 Å². The predicted molar refractivity (Wildman–Crippen MR) is 37.8 cm³/mol. The number of carboxylic acid groups (broad SMARTS) is 1. The van der Waals surface area contributed by atoms with Gasteiger partial charge in [0, 0.05) is 6.54 Å². The minimum absolute atomic E-state index is 0.241. The van der Waals surface area contributed by atoms with Gasteiger partial charge < -0.3 is 10.4 Å². The molecule has 0 aromatic carbocycles. The topological polar surface area (TPSA) is 49.3 Å². The van der Waals surface area contributed by atoms with Gasteiger partial charge in [-0.05, 0) is 19.4 Å². The number of hydrogen-bond donors (Lipinski definition) is 2. The maximum absolute atomic E-state index is 10.7. The highest BCUT2D eigenvalue weighted by atomic mass is 16.4. The van der Waals surface area contributed by atoms with Crippen molar-refractivity contribution in [2.24, 2.45) is 11.3 Å². The van der Waals surface area contributed by atoms with Gasteiger partial charge in [0.15, 0.2) is 0 Å². The highest BCUT2D eigenvalue weighted by Gasteiger charge is 2.42. The summed E-state index contributed by atoms with van der Waals surface area (Å²) in [5.41, 5.74) is -0.542. The van der Waals surface area contributed by atoms with E-state index in [1.54, 1.807) is 6.92 Å². The van der Waals surface area contributed by atoms with E-state index < -0.39 is 11.4 Å². The number of aliphatic carboxylic acids is 1. The molecule has 0 aliphatic carbocycles. The lowest BCUT2D eigenvalue weighted by Crippen LogP contribution is -2.34. The molecule has 1 rings (SSSR count). The molecule has 1 fully saturated rings. The molecule has 0 bridgehead atoms. The van der Waals surface area contributed by atoms with E-state index >= 15 is 0 Å². The zero-order valence-electron chi connectivity index (χ0n) is 6.35. The van der Waals surface area contributed by atoms with Crippen molar-refractivity contribution in [2.75, 3.05) is 13.1 Å². The first-order chi connectivity index (χ1) is 4.57. The number of rotatable bonds is 1. The zero-order valence-corrected chi connectivity index (χ0v) is 6.35. The summed E-state index contributed by atoms with van der Waals surface area (Å²) < 4.78 is 0. The van der Waals surface area contributed by atoms with Crippen molar-refractivity contribution in [3.05, 3.63) is 0 Å². The molecular weight excluding hydrogens is 130 g/mol. The summed E-state index contributed by atoms with van der Waals surface area (Å²) in [6.45, 7) is 5.18. The Morgan fingerprint density at radius 1 is 1.80 bits per heavy atom. The smallest absolute Gasteiger partial charge is 0.310 e. The van der Waals surface area contributed by atoms with Crippen LogP contribution < -0.4 is 5.32 Å². The summed E-state index contributed by atoms with van der Waals surface area (Å²) in [7, 11) is 0. The molecule has 1 unspecified atom stereocenters. The molecule has 1 heterocycles. The molecule has 3 nitrogen and oxygen atoms in total. The Labute approximate surface area is 60.4 Å². The van der Waals surface area contributed by atoms with Gasteiger partial charge in [-0.3, -0.25) is 4.79 Å². The van der Waals surface area contributed by atoms with Crippen molar-refractivity contribution in [2.45, 2.75) is 13.8 Å². The molecule has 2 atom stereocenters. The van der Waals surface area contributed by atoms with E-state index in [0.717, 1.165) is 6.54 Å². The van der Waals surface area contributed by atoms with Crippen molar-refractivity contribution in [3.63, 3.8) is 0 Å². The third-order valence-electron chi connectivity index (χ3n) is 2.52. The van der Waals surface area contributed by atoms with Crippen LogP contribution in [0.2, 0.25) is 0 Å². The third-order valence-corrected chi connectivity index (χ3v) is 2.52. The van der Waals surface area contributed by atoms with Crippen molar-refractivity contribution < 1.29 is 9.90 Å². The molecule has 1 saturated heterocycles. The normalized spacial score (nSPS) is 40.0. The fraction of sp³-hybridized carbons (Fsp3) is 0.857. The molecule has 10 heavy (non-hydrogen) atoms. The van der Waals surface area contributed by atoms with Gasteiger partial charge >= 0.3 is 5.97 Å². The van der Waals surface area contributed by atoms with Crippen molar-refractivity contribution >= 4 is 5.97 Å². The molecule has 0 radical (unpaired) electrons. The molecule has 0 aromatic heterocycles. The van der Waals surface area contributed by atoms with Crippen LogP contribution in [0.25, 0.3) is 0 Å². The SMILES string of the molecule is CC1CNC[C@]1(C)C(=O)O. The summed E-state index contributed by atoms with van der Waals surface area (Å²) in [5.74, 6) is -0.449. The lowest BCUT2D eigenvalue weighted by Gasteiger charge is -2.21. The second-order valence-corrected chi connectivity index (χ2v) is 3.25. The lowest BCUT2D eigenvalue weighted by molar-refractivity contribution is -0.148. The first-order valence-electron chi connectivity index (χ1n) is 3.51. The Hall–Kier alpha value is -0.570. The van der Waals surface area contributed by atoms with Gasteiger partial charge in [0.25, 0.3) is 0 Å². The second-order valence-electron chi connectivity index (χ2n) is 3.25. The van der Waals surface area contributed by atoms with Crippen LogP contribution in [0.15, 0.2) is 0 Å². The Kier molecular flexibility index (Phi) is 1.68. The van der Waals surface area contributed by atoms with E-state index in [1.165, 1.54) is 0 Å². The van der Waals surface area contributed by atoms with Gasteiger partial charge in [-0.25, -0.2) is 0 Å². The fourth-order valence-electron chi connectivity index (χ4n) is 1.23. The molecule has 0 spiro atoms. The van der Waals surface area contributed by atoms with E-state index in [0.29, 0.717) is 6.54 Å². The van der Waals surface area contributed by atoms with E-state index in [1.807, 2.05) is 6.92 Å². The summed E-state index contributed by atoms with van der Waals surface area (Å²) >= 11 is 0. The van der Waals surface area contributed by atoms with Crippen LogP contribution in [0.1, 0.15) is 13.8 Å². The summed E-state index contributed by atoms with van der Waals surface area (Å²) in [6, 6.07) is 0. The molecule has 58 valence electrons. The average Bonchev–Trinajstić information content (AvgIpc) is 2.15. The quantitative estimate of drug-likeness (QED) is 0.555. The van der Waals surface area contributed by atoms with Gasteiger partial charge in [0.05, 0.1) is 5.41 Å². The molecule has 3 heteroatoms. The van der Waals surface area contributed by atoms with Gasteiger partial charge in [-0.1, -0.05) is 6.92 Å². The molecule has 0 amide bonds.